The summed E-state index contributed by atoms with van der Waals surface area (Å²) in [6, 6.07) is 13.7. The first-order valence-electron chi connectivity index (χ1n) is 10.4. The number of rotatable bonds is 6. The maximum atomic E-state index is 13.7. The van der Waals surface area contributed by atoms with Crippen molar-refractivity contribution in [1.82, 2.24) is 13.9 Å². The van der Waals surface area contributed by atoms with E-state index in [-0.39, 0.29) is 55.9 Å². The number of amides is 2. The number of hydrogen-bond acceptors (Lipinski definition) is 7. The van der Waals surface area contributed by atoms with E-state index >= 15 is 0 Å². The van der Waals surface area contributed by atoms with Crippen molar-refractivity contribution in [2.75, 3.05) is 6.54 Å². The summed E-state index contributed by atoms with van der Waals surface area (Å²) in [5.74, 6) is -0.997. The maximum absolute atomic E-state index is 13.7. The SMILES string of the molecule is O=C1c2ccccc2C(=O)N1CCc1nc2cc(Cl)c(Cl)cc2n1S(=O)(=O)c1cccc([N+](=O)[O-])c1. The van der Waals surface area contributed by atoms with Crippen LogP contribution in [0.25, 0.3) is 11.0 Å². The third kappa shape index (κ3) is 3.81. The Hall–Kier alpha value is -3.80. The van der Waals surface area contributed by atoms with Crippen LogP contribution >= 0.6 is 23.2 Å². The molecule has 0 bridgehead atoms. The molecule has 36 heavy (non-hydrogen) atoms. The van der Waals surface area contributed by atoms with Crippen molar-refractivity contribution in [3.63, 3.8) is 0 Å². The molecule has 1 aliphatic heterocycles. The third-order valence-corrected chi connectivity index (χ3v) is 8.18. The van der Waals surface area contributed by atoms with E-state index in [1.165, 1.54) is 30.3 Å². The molecule has 4 aromatic rings. The van der Waals surface area contributed by atoms with Crippen LogP contribution in [0.1, 0.15) is 26.5 Å². The molecular formula is C23H14Cl2N4O6S. The lowest BCUT2D eigenvalue weighted by Crippen LogP contribution is -2.32. The van der Waals surface area contributed by atoms with Crippen molar-refractivity contribution in [2.45, 2.75) is 11.3 Å². The van der Waals surface area contributed by atoms with Gasteiger partial charge >= 0.3 is 0 Å². The maximum Gasteiger partial charge on any atom is 0.270 e. The molecule has 0 spiro atoms. The number of hydrogen-bond donors (Lipinski definition) is 0. The summed E-state index contributed by atoms with van der Waals surface area (Å²) in [4.78, 5) is 41.1. The Morgan fingerprint density at radius 1 is 0.917 bits per heavy atom. The van der Waals surface area contributed by atoms with Gasteiger partial charge in [0.05, 0.1) is 42.0 Å². The number of fused-ring (bicyclic) bond motifs is 2. The second-order valence-electron chi connectivity index (χ2n) is 7.86. The van der Waals surface area contributed by atoms with Gasteiger partial charge in [-0.1, -0.05) is 41.4 Å². The average molecular weight is 545 g/mol. The van der Waals surface area contributed by atoms with Crippen LogP contribution in [0.3, 0.4) is 0 Å². The highest BCUT2D eigenvalue weighted by atomic mass is 35.5. The number of benzene rings is 3. The molecule has 10 nitrogen and oxygen atoms in total. The van der Waals surface area contributed by atoms with Crippen LogP contribution in [-0.2, 0) is 16.4 Å². The highest BCUT2D eigenvalue weighted by molar-refractivity contribution is 7.90. The van der Waals surface area contributed by atoms with Crippen LogP contribution in [0.5, 0.6) is 0 Å². The molecule has 2 heterocycles. The predicted molar refractivity (Wildman–Crippen MR) is 131 cm³/mol. The Balaban J connectivity index is 1.60. The summed E-state index contributed by atoms with van der Waals surface area (Å²) in [6.07, 6.45) is -0.121. The van der Waals surface area contributed by atoms with E-state index in [0.717, 1.165) is 14.9 Å². The molecule has 0 saturated carbocycles. The fourth-order valence-corrected chi connectivity index (χ4v) is 5.91. The van der Waals surface area contributed by atoms with E-state index in [1.807, 2.05) is 0 Å². The number of carbonyl (C=O) groups excluding carboxylic acids is 2. The lowest BCUT2D eigenvalue weighted by molar-refractivity contribution is -0.385. The van der Waals surface area contributed by atoms with Gasteiger partial charge in [0.2, 0.25) is 0 Å². The molecule has 0 saturated heterocycles. The topological polar surface area (TPSA) is 132 Å². The second kappa shape index (κ2) is 8.70. The number of non-ortho nitro benzene ring substituents is 1. The Bertz CT molecular complexity index is 1680. The van der Waals surface area contributed by atoms with Gasteiger partial charge in [0.25, 0.3) is 27.5 Å². The van der Waals surface area contributed by atoms with Crippen molar-refractivity contribution >= 4 is 61.8 Å². The number of aromatic nitrogens is 2. The fraction of sp³-hybridized carbons (Fsp3) is 0.0870. The summed E-state index contributed by atoms with van der Waals surface area (Å²) in [5.41, 5.74) is 0.413. The molecule has 1 aliphatic rings. The number of nitro benzene ring substituents is 1. The van der Waals surface area contributed by atoms with E-state index in [0.29, 0.717) is 0 Å². The molecule has 0 aliphatic carbocycles. The Kier molecular flexibility index (Phi) is 5.78. The number of halogens is 2. The van der Waals surface area contributed by atoms with E-state index in [1.54, 1.807) is 24.3 Å². The highest BCUT2D eigenvalue weighted by Crippen LogP contribution is 2.32. The molecule has 2 amide bonds. The minimum Gasteiger partial charge on any atom is -0.274 e. The van der Waals surface area contributed by atoms with Crippen LogP contribution in [0.15, 0.2) is 65.6 Å². The minimum absolute atomic E-state index is 0.00797. The fourth-order valence-electron chi connectivity index (χ4n) is 4.04. The van der Waals surface area contributed by atoms with Gasteiger partial charge < -0.3 is 0 Å². The molecule has 182 valence electrons. The first kappa shape index (κ1) is 23.9. The zero-order valence-corrected chi connectivity index (χ0v) is 20.4. The number of carbonyl (C=O) groups is 2. The van der Waals surface area contributed by atoms with E-state index < -0.39 is 32.4 Å². The quantitative estimate of drug-likeness (QED) is 0.200. The number of imide groups is 1. The van der Waals surface area contributed by atoms with Crippen LogP contribution in [0, 0.1) is 10.1 Å². The van der Waals surface area contributed by atoms with Crippen molar-refractivity contribution in [1.29, 1.82) is 0 Å². The minimum atomic E-state index is -4.41. The van der Waals surface area contributed by atoms with E-state index in [4.69, 9.17) is 23.2 Å². The molecule has 1 aromatic heterocycles. The molecular weight excluding hydrogens is 531 g/mol. The molecule has 3 aromatic carbocycles. The van der Waals surface area contributed by atoms with Crippen LogP contribution in [-0.4, -0.2) is 45.6 Å². The Morgan fingerprint density at radius 2 is 1.56 bits per heavy atom. The lowest BCUT2D eigenvalue weighted by Gasteiger charge is -2.15. The smallest absolute Gasteiger partial charge is 0.270 e. The normalized spacial score (nSPS) is 13.4. The lowest BCUT2D eigenvalue weighted by atomic mass is 10.1. The van der Waals surface area contributed by atoms with Crippen LogP contribution in [0.4, 0.5) is 5.69 Å². The van der Waals surface area contributed by atoms with Crippen LogP contribution in [0.2, 0.25) is 10.0 Å². The highest BCUT2D eigenvalue weighted by Gasteiger charge is 2.35. The van der Waals surface area contributed by atoms with Gasteiger partial charge in [-0.05, 0) is 30.3 Å². The van der Waals surface area contributed by atoms with Crippen molar-refractivity contribution in [3.05, 3.63) is 97.8 Å². The molecule has 0 fully saturated rings. The Morgan fingerprint density at radius 3 is 2.19 bits per heavy atom. The molecule has 0 radical (unpaired) electrons. The summed E-state index contributed by atoms with van der Waals surface area (Å²) >= 11 is 12.3. The molecule has 0 unspecified atom stereocenters. The molecule has 0 atom stereocenters. The van der Waals surface area contributed by atoms with Crippen LogP contribution < -0.4 is 0 Å². The second-order valence-corrected chi connectivity index (χ2v) is 10.5. The summed E-state index contributed by atoms with van der Waals surface area (Å²) < 4.78 is 28.3. The van der Waals surface area contributed by atoms with Crippen molar-refractivity contribution < 1.29 is 22.9 Å². The van der Waals surface area contributed by atoms with Gasteiger partial charge in [0.1, 0.15) is 5.82 Å². The monoisotopic (exact) mass is 544 g/mol. The summed E-state index contributed by atoms with van der Waals surface area (Å²) in [6.45, 7) is -0.151. The first-order chi connectivity index (χ1) is 17.1. The third-order valence-electron chi connectivity index (χ3n) is 5.72. The first-order valence-corrected chi connectivity index (χ1v) is 12.6. The van der Waals surface area contributed by atoms with Gasteiger partial charge in [-0.3, -0.25) is 24.6 Å². The van der Waals surface area contributed by atoms with Gasteiger partial charge in [0.15, 0.2) is 0 Å². The zero-order chi connectivity index (χ0) is 25.8. The summed E-state index contributed by atoms with van der Waals surface area (Å²) in [5, 5.41) is 11.4. The standard InChI is InChI=1S/C23H14Cl2N4O6S/c24-17-11-19-20(12-18(17)25)28(36(34,35)14-5-3-4-13(10-14)29(32)33)21(26-19)8-9-27-22(30)15-6-1-2-7-16(15)23(27)31/h1-7,10-12H,8-9H2. The van der Waals surface area contributed by atoms with Crippen molar-refractivity contribution in [2.24, 2.45) is 0 Å². The number of nitro groups is 1. The van der Waals surface area contributed by atoms with E-state index in [9.17, 15) is 28.1 Å². The molecule has 0 N–H and O–H groups in total. The molecule has 13 heteroatoms. The average Bonchev–Trinajstić information content (AvgIpc) is 3.32. The van der Waals surface area contributed by atoms with Gasteiger partial charge in [-0.2, -0.15) is 0 Å². The van der Waals surface area contributed by atoms with E-state index in [2.05, 4.69) is 4.98 Å². The van der Waals surface area contributed by atoms with Crippen molar-refractivity contribution in [3.8, 4) is 0 Å². The van der Waals surface area contributed by atoms with Gasteiger partial charge in [-0.15, -0.1) is 0 Å². The number of imidazole rings is 1. The van der Waals surface area contributed by atoms with Gasteiger partial charge in [0, 0.05) is 25.1 Å². The summed E-state index contributed by atoms with van der Waals surface area (Å²) in [7, 11) is -4.41. The largest absolute Gasteiger partial charge is 0.274 e. The molecule has 5 rings (SSSR count). The Labute approximate surface area is 213 Å². The predicted octanol–water partition coefficient (Wildman–Crippen LogP) is 4.33. The van der Waals surface area contributed by atoms with Gasteiger partial charge in [-0.25, -0.2) is 17.4 Å². The zero-order valence-electron chi connectivity index (χ0n) is 18.1. The number of nitrogens with zero attached hydrogens (tertiary/aromatic N) is 4.